The van der Waals surface area contributed by atoms with Gasteiger partial charge in [-0.05, 0) is 48.0 Å². The van der Waals surface area contributed by atoms with Crippen molar-refractivity contribution in [1.29, 1.82) is 0 Å². The van der Waals surface area contributed by atoms with Crippen LogP contribution in [0.15, 0.2) is 76.3 Å². The molecule has 2 aliphatic heterocycles. The zero-order valence-electron chi connectivity index (χ0n) is 16.5. The van der Waals surface area contributed by atoms with Crippen molar-refractivity contribution in [3.8, 4) is 5.75 Å². The highest BCUT2D eigenvalue weighted by molar-refractivity contribution is 9.10. The Balaban J connectivity index is 1.63. The van der Waals surface area contributed by atoms with Crippen molar-refractivity contribution in [3.05, 3.63) is 103 Å². The van der Waals surface area contributed by atoms with Crippen molar-refractivity contribution < 1.29 is 9.66 Å². The highest BCUT2D eigenvalue weighted by Crippen LogP contribution is 2.51. The molecule has 0 radical (unpaired) electrons. The minimum atomic E-state index is -0.933. The van der Waals surface area contributed by atoms with Crippen LogP contribution in [0.3, 0.4) is 0 Å². The van der Waals surface area contributed by atoms with E-state index in [0.717, 1.165) is 32.6 Å². The van der Waals surface area contributed by atoms with E-state index >= 15 is 0 Å². The van der Waals surface area contributed by atoms with Crippen LogP contribution in [-0.4, -0.2) is 15.6 Å². The predicted molar refractivity (Wildman–Crippen MR) is 122 cm³/mol. The van der Waals surface area contributed by atoms with Crippen molar-refractivity contribution in [2.24, 2.45) is 5.10 Å². The van der Waals surface area contributed by atoms with Crippen LogP contribution in [0.1, 0.15) is 36.1 Å². The molecule has 6 nitrogen and oxygen atoms in total. The lowest BCUT2D eigenvalue weighted by atomic mass is 9.92. The van der Waals surface area contributed by atoms with Crippen LogP contribution in [0.2, 0.25) is 5.02 Å². The van der Waals surface area contributed by atoms with Gasteiger partial charge in [-0.2, -0.15) is 5.10 Å². The number of nitrogens with zero attached hydrogens (tertiary/aromatic N) is 3. The summed E-state index contributed by atoms with van der Waals surface area (Å²) >= 11 is 9.77. The van der Waals surface area contributed by atoms with Gasteiger partial charge in [0.15, 0.2) is 0 Å². The SMILES string of the molecule is CC1(c2ccc([N+](=O)[O-])cc2)Oc2ccc(Cl)cc2C2CC(c3ccc(Br)cc3)=NN21. The van der Waals surface area contributed by atoms with Gasteiger partial charge in [-0.1, -0.05) is 39.7 Å². The molecule has 0 fully saturated rings. The number of nitro benzene ring substituents is 1. The third-order valence-electron chi connectivity index (χ3n) is 5.78. The van der Waals surface area contributed by atoms with Crippen molar-refractivity contribution in [1.82, 2.24) is 5.01 Å². The summed E-state index contributed by atoms with van der Waals surface area (Å²) in [4.78, 5) is 10.7. The molecule has 2 heterocycles. The molecule has 2 atom stereocenters. The Morgan fingerprint density at radius 3 is 2.55 bits per heavy atom. The lowest BCUT2D eigenvalue weighted by Gasteiger charge is -2.46. The first kappa shape index (κ1) is 20.0. The van der Waals surface area contributed by atoms with E-state index in [0.29, 0.717) is 11.4 Å². The number of non-ortho nitro benzene ring substituents is 1. The first-order valence-corrected chi connectivity index (χ1v) is 10.9. The van der Waals surface area contributed by atoms with E-state index in [1.54, 1.807) is 18.2 Å². The van der Waals surface area contributed by atoms with Gasteiger partial charge in [-0.25, -0.2) is 5.01 Å². The summed E-state index contributed by atoms with van der Waals surface area (Å²) in [6.07, 6.45) is 0.695. The number of hydrogen-bond acceptors (Lipinski definition) is 5. The second kappa shape index (κ2) is 7.35. The minimum Gasteiger partial charge on any atom is -0.462 e. The van der Waals surface area contributed by atoms with Crippen LogP contribution in [0.5, 0.6) is 5.75 Å². The Kier molecular flexibility index (Phi) is 4.75. The topological polar surface area (TPSA) is 68.0 Å². The maximum absolute atomic E-state index is 11.1. The Morgan fingerprint density at radius 1 is 1.16 bits per heavy atom. The Hall–Kier alpha value is -2.90. The van der Waals surface area contributed by atoms with Gasteiger partial charge < -0.3 is 4.74 Å². The van der Waals surface area contributed by atoms with Crippen LogP contribution in [-0.2, 0) is 5.72 Å². The molecule has 3 aromatic rings. The average molecular weight is 499 g/mol. The Labute approximate surface area is 192 Å². The second-order valence-electron chi connectivity index (χ2n) is 7.69. The number of nitro groups is 1. The summed E-state index contributed by atoms with van der Waals surface area (Å²) in [6.45, 7) is 1.94. The summed E-state index contributed by atoms with van der Waals surface area (Å²) in [5.74, 6) is 0.735. The molecule has 8 heteroatoms. The molecule has 0 spiro atoms. The molecule has 0 bridgehead atoms. The van der Waals surface area contributed by atoms with E-state index in [2.05, 4.69) is 15.9 Å². The standard InChI is InChI=1S/C23H17BrClN3O3/c1-23(15-4-9-18(10-5-15)28(29)30)27-21(19-12-17(25)8-11-22(19)31-23)13-20(26-27)14-2-6-16(24)7-3-14/h2-12,21H,13H2,1H3. The second-order valence-corrected chi connectivity index (χ2v) is 9.04. The van der Waals surface area contributed by atoms with Crippen LogP contribution in [0.4, 0.5) is 5.69 Å². The van der Waals surface area contributed by atoms with E-state index in [4.69, 9.17) is 21.4 Å². The zero-order chi connectivity index (χ0) is 21.8. The van der Waals surface area contributed by atoms with Crippen LogP contribution < -0.4 is 4.74 Å². The van der Waals surface area contributed by atoms with Crippen molar-refractivity contribution in [2.75, 3.05) is 0 Å². The molecule has 0 aliphatic carbocycles. The van der Waals surface area contributed by atoms with Crippen LogP contribution in [0.25, 0.3) is 0 Å². The normalized spacial score (nSPS) is 21.7. The lowest BCUT2D eigenvalue weighted by molar-refractivity contribution is -0.384. The smallest absolute Gasteiger partial charge is 0.269 e. The summed E-state index contributed by atoms with van der Waals surface area (Å²) in [6, 6.07) is 20.0. The molecule has 0 N–H and O–H groups in total. The number of fused-ring (bicyclic) bond motifs is 3. The van der Waals surface area contributed by atoms with Crippen LogP contribution >= 0.6 is 27.5 Å². The summed E-state index contributed by atoms with van der Waals surface area (Å²) in [5, 5.41) is 18.6. The van der Waals surface area contributed by atoms with Crippen molar-refractivity contribution in [2.45, 2.75) is 25.1 Å². The first-order chi connectivity index (χ1) is 14.8. The van der Waals surface area contributed by atoms with Gasteiger partial charge in [0.1, 0.15) is 5.75 Å². The lowest BCUT2D eigenvalue weighted by Crippen LogP contribution is -2.48. The van der Waals surface area contributed by atoms with Gasteiger partial charge in [0.2, 0.25) is 5.72 Å². The highest BCUT2D eigenvalue weighted by Gasteiger charge is 2.49. The molecule has 2 aliphatic rings. The van der Waals surface area contributed by atoms with Gasteiger partial charge in [0.25, 0.3) is 5.69 Å². The third-order valence-corrected chi connectivity index (χ3v) is 6.54. The largest absolute Gasteiger partial charge is 0.462 e. The van der Waals surface area contributed by atoms with Gasteiger partial charge in [-0.3, -0.25) is 10.1 Å². The fourth-order valence-corrected chi connectivity index (χ4v) is 4.62. The molecule has 3 aromatic carbocycles. The van der Waals surface area contributed by atoms with E-state index in [-0.39, 0.29) is 11.7 Å². The molecule has 0 aromatic heterocycles. The fourth-order valence-electron chi connectivity index (χ4n) is 4.18. The Bertz CT molecular complexity index is 1210. The number of benzene rings is 3. The number of hydrazone groups is 1. The first-order valence-electron chi connectivity index (χ1n) is 9.71. The van der Waals surface area contributed by atoms with Gasteiger partial charge >= 0.3 is 0 Å². The molecule has 2 unspecified atom stereocenters. The van der Waals surface area contributed by atoms with Gasteiger partial charge in [-0.15, -0.1) is 0 Å². The maximum Gasteiger partial charge on any atom is 0.269 e. The van der Waals surface area contributed by atoms with Gasteiger partial charge in [0, 0.05) is 46.1 Å². The molecule has 5 rings (SSSR count). The molecule has 0 saturated carbocycles. The van der Waals surface area contributed by atoms with E-state index < -0.39 is 10.6 Å². The number of halogens is 2. The molecule has 31 heavy (non-hydrogen) atoms. The maximum atomic E-state index is 11.1. The molecular formula is C23H17BrClN3O3. The minimum absolute atomic E-state index is 0.0346. The summed E-state index contributed by atoms with van der Waals surface area (Å²) < 4.78 is 7.46. The summed E-state index contributed by atoms with van der Waals surface area (Å²) in [5.41, 5.74) is 2.84. The number of hydrogen-bond donors (Lipinski definition) is 0. The predicted octanol–water partition coefficient (Wildman–Crippen LogP) is 6.43. The van der Waals surface area contributed by atoms with E-state index in [9.17, 15) is 10.1 Å². The molecule has 0 amide bonds. The van der Waals surface area contributed by atoms with Crippen LogP contribution in [0, 0.1) is 10.1 Å². The fraction of sp³-hybridized carbons (Fsp3) is 0.174. The number of rotatable bonds is 3. The third kappa shape index (κ3) is 3.38. The molecule has 0 saturated heterocycles. The van der Waals surface area contributed by atoms with Crippen molar-refractivity contribution in [3.63, 3.8) is 0 Å². The number of ether oxygens (including phenoxy) is 1. The monoisotopic (exact) mass is 497 g/mol. The quantitative estimate of drug-likeness (QED) is 0.308. The molecular weight excluding hydrogens is 482 g/mol. The van der Waals surface area contributed by atoms with E-state index in [1.807, 2.05) is 48.3 Å². The summed E-state index contributed by atoms with van der Waals surface area (Å²) in [7, 11) is 0. The highest BCUT2D eigenvalue weighted by atomic mass is 79.9. The average Bonchev–Trinajstić information content (AvgIpc) is 3.22. The van der Waals surface area contributed by atoms with Crippen molar-refractivity contribution >= 4 is 38.9 Å². The Morgan fingerprint density at radius 2 is 1.87 bits per heavy atom. The molecule has 156 valence electrons. The zero-order valence-corrected chi connectivity index (χ0v) is 18.8. The van der Waals surface area contributed by atoms with Gasteiger partial charge in [0.05, 0.1) is 16.7 Å². The van der Waals surface area contributed by atoms with E-state index in [1.165, 1.54) is 12.1 Å².